The third-order valence-electron chi connectivity index (χ3n) is 10.6. The van der Waals surface area contributed by atoms with E-state index in [4.69, 9.17) is 13.9 Å². The number of aliphatic hydroxyl groups is 1. The van der Waals surface area contributed by atoms with Crippen molar-refractivity contribution in [3.05, 3.63) is 72.8 Å². The molecule has 6 heteroatoms. The molecular weight excluding hydrogens is 601 g/mol. The summed E-state index contributed by atoms with van der Waals surface area (Å²) in [5, 5.41) is 14.5. The first kappa shape index (κ1) is 37.6. The quantitative estimate of drug-likeness (QED) is 0.191. The Labute approximate surface area is 286 Å². The van der Waals surface area contributed by atoms with Crippen LogP contribution in [0, 0.1) is 17.8 Å². The van der Waals surface area contributed by atoms with E-state index in [1.165, 1.54) is 10.4 Å². The minimum absolute atomic E-state index is 0.0185. The molecule has 0 aromatic heterocycles. The number of fused-ring (bicyclic) bond motifs is 2. The van der Waals surface area contributed by atoms with Crippen LogP contribution in [-0.4, -0.2) is 49.9 Å². The molecule has 1 N–H and O–H groups in total. The predicted molar refractivity (Wildman–Crippen MR) is 196 cm³/mol. The van der Waals surface area contributed by atoms with Crippen LogP contribution in [0.5, 0.6) is 0 Å². The molecule has 2 aromatic carbocycles. The van der Waals surface area contributed by atoms with E-state index < -0.39 is 20.5 Å². The second-order valence-electron chi connectivity index (χ2n) is 15.7. The summed E-state index contributed by atoms with van der Waals surface area (Å²) in [6.07, 6.45) is 7.30. The number of aliphatic hydroxyl groups excluding tert-OH is 1. The van der Waals surface area contributed by atoms with Crippen LogP contribution in [0.15, 0.2) is 72.8 Å². The first-order valence-corrected chi connectivity index (χ1v) is 20.3. The minimum atomic E-state index is -2.94. The van der Waals surface area contributed by atoms with Gasteiger partial charge in [-0.25, -0.2) is 0 Å². The molecule has 2 heterocycles. The number of ether oxygens (including phenoxy) is 2. The molecule has 8 atom stereocenters. The van der Waals surface area contributed by atoms with Crippen molar-refractivity contribution in [3.8, 4) is 0 Å². The Morgan fingerprint density at radius 2 is 1.49 bits per heavy atom. The zero-order valence-corrected chi connectivity index (χ0v) is 31.3. The largest absolute Gasteiger partial charge is 0.462 e. The average Bonchev–Trinajstić information content (AvgIpc) is 3.38. The molecule has 47 heavy (non-hydrogen) atoms. The summed E-state index contributed by atoms with van der Waals surface area (Å²) >= 11 is 0. The topological polar surface area (TPSA) is 65.0 Å². The van der Waals surface area contributed by atoms with Gasteiger partial charge in [-0.15, -0.1) is 0 Å². The molecule has 0 unspecified atom stereocenters. The van der Waals surface area contributed by atoms with Gasteiger partial charge in [-0.1, -0.05) is 141 Å². The standard InChI is InChI=1S/C41H62O5Si/c1-9-18-33-26-29(2)25-32(5)39(42)38(28-34-27-31(4)37(44-34)24-17-16-19-30(3)40(43)45-33)46-47(41(6,7)8,35-20-12-10-13-21-35)36-22-14-11-15-23-36/h10-15,20-23,30-34,37-39,42H,2,9,16-19,24-28H2,1,3-8H3/t30-,31-,32+,33+,34+,37-,38+,39-/m0/s1. The van der Waals surface area contributed by atoms with E-state index in [-0.39, 0.29) is 41.2 Å². The minimum Gasteiger partial charge on any atom is -0.462 e. The molecule has 2 aliphatic heterocycles. The van der Waals surface area contributed by atoms with Crippen molar-refractivity contribution in [2.75, 3.05) is 0 Å². The Morgan fingerprint density at radius 3 is 2.06 bits per heavy atom. The normalized spacial score (nSPS) is 30.7. The van der Waals surface area contributed by atoms with Crippen LogP contribution in [0.2, 0.25) is 5.04 Å². The van der Waals surface area contributed by atoms with Gasteiger partial charge in [-0.2, -0.15) is 0 Å². The zero-order chi connectivity index (χ0) is 34.2. The lowest BCUT2D eigenvalue weighted by molar-refractivity contribution is -0.154. The number of carbonyl (C=O) groups excluding carboxylic acids is 1. The molecule has 2 fully saturated rings. The summed E-state index contributed by atoms with van der Waals surface area (Å²) in [6.45, 7) is 19.8. The van der Waals surface area contributed by atoms with Crippen LogP contribution in [0.4, 0.5) is 0 Å². The highest BCUT2D eigenvalue weighted by Crippen LogP contribution is 2.41. The Bertz CT molecular complexity index is 1220. The maximum absolute atomic E-state index is 13.1. The van der Waals surface area contributed by atoms with Crippen molar-refractivity contribution in [1.29, 1.82) is 0 Å². The Kier molecular flexibility index (Phi) is 13.5. The number of hydrogen-bond donors (Lipinski definition) is 1. The van der Waals surface area contributed by atoms with Gasteiger partial charge >= 0.3 is 5.97 Å². The van der Waals surface area contributed by atoms with E-state index in [1.807, 2.05) is 6.92 Å². The SMILES string of the molecule is C=C1C[C@@H](CCC)OC(=O)[C@@H](C)CCCC[C@@H]2O[C@H](C[C@@H]2C)C[C@@H](O[Si](c2ccccc2)(c2ccccc2)C(C)(C)C)[C@@H](O)[C@H](C)C1. The van der Waals surface area contributed by atoms with Gasteiger partial charge in [0.25, 0.3) is 8.32 Å². The van der Waals surface area contributed by atoms with Gasteiger partial charge in [0.15, 0.2) is 0 Å². The van der Waals surface area contributed by atoms with Crippen molar-refractivity contribution in [2.45, 2.75) is 148 Å². The van der Waals surface area contributed by atoms with Crippen molar-refractivity contribution < 1.29 is 23.8 Å². The first-order chi connectivity index (χ1) is 22.4. The molecule has 2 saturated heterocycles. The molecule has 0 aliphatic carbocycles. The maximum atomic E-state index is 13.1. The fourth-order valence-corrected chi connectivity index (χ4v) is 12.7. The third-order valence-corrected chi connectivity index (χ3v) is 15.7. The highest BCUT2D eigenvalue weighted by molar-refractivity contribution is 6.99. The van der Waals surface area contributed by atoms with Crippen molar-refractivity contribution >= 4 is 24.7 Å². The summed E-state index contributed by atoms with van der Waals surface area (Å²) in [7, 11) is -2.94. The van der Waals surface area contributed by atoms with Crippen LogP contribution in [0.3, 0.4) is 0 Å². The summed E-state index contributed by atoms with van der Waals surface area (Å²) in [4.78, 5) is 13.1. The van der Waals surface area contributed by atoms with E-state index in [0.717, 1.165) is 50.5 Å². The fraction of sp³-hybridized carbons (Fsp3) is 0.634. The lowest BCUT2D eigenvalue weighted by Crippen LogP contribution is -2.68. The van der Waals surface area contributed by atoms with Gasteiger partial charge in [0, 0.05) is 12.8 Å². The van der Waals surface area contributed by atoms with E-state index in [1.54, 1.807) is 0 Å². The number of benzene rings is 2. The summed E-state index contributed by atoms with van der Waals surface area (Å²) < 4.78 is 20.5. The molecular formula is C41H62O5Si. The van der Waals surface area contributed by atoms with Crippen LogP contribution in [-0.2, 0) is 18.7 Å². The average molecular weight is 663 g/mol. The number of cyclic esters (lactones) is 1. The molecule has 0 amide bonds. The fourth-order valence-electron chi connectivity index (χ4n) is 8.01. The molecule has 0 saturated carbocycles. The molecule has 2 aliphatic rings. The van der Waals surface area contributed by atoms with Crippen LogP contribution >= 0.6 is 0 Å². The molecule has 2 bridgehead atoms. The maximum Gasteiger partial charge on any atom is 0.308 e. The molecule has 5 nitrogen and oxygen atoms in total. The number of carbonyl (C=O) groups is 1. The second kappa shape index (κ2) is 16.9. The Balaban J connectivity index is 1.72. The van der Waals surface area contributed by atoms with Crippen molar-refractivity contribution in [2.24, 2.45) is 17.8 Å². The van der Waals surface area contributed by atoms with Crippen molar-refractivity contribution in [3.63, 3.8) is 0 Å². The lowest BCUT2D eigenvalue weighted by atomic mass is 9.88. The van der Waals surface area contributed by atoms with Gasteiger partial charge in [-0.3, -0.25) is 4.79 Å². The smallest absolute Gasteiger partial charge is 0.308 e. The van der Waals surface area contributed by atoms with Crippen molar-refractivity contribution in [1.82, 2.24) is 0 Å². The van der Waals surface area contributed by atoms with Gasteiger partial charge in [0.05, 0.1) is 30.3 Å². The molecule has 0 radical (unpaired) electrons. The highest BCUT2D eigenvalue weighted by Gasteiger charge is 2.53. The summed E-state index contributed by atoms with van der Waals surface area (Å²) in [5.41, 5.74) is 1.01. The van der Waals surface area contributed by atoms with Gasteiger partial charge in [0.1, 0.15) is 6.10 Å². The van der Waals surface area contributed by atoms with Gasteiger partial charge in [-0.05, 0) is 59.4 Å². The Hall–Kier alpha value is -2.25. The number of hydrogen-bond acceptors (Lipinski definition) is 5. The van der Waals surface area contributed by atoms with Crippen LogP contribution in [0.25, 0.3) is 0 Å². The second-order valence-corrected chi connectivity index (χ2v) is 20.0. The molecule has 2 aromatic rings. The number of esters is 1. The molecule has 0 spiro atoms. The van der Waals surface area contributed by atoms with E-state index >= 15 is 0 Å². The molecule has 260 valence electrons. The predicted octanol–water partition coefficient (Wildman–Crippen LogP) is 8.37. The monoisotopic (exact) mass is 662 g/mol. The van der Waals surface area contributed by atoms with E-state index in [0.29, 0.717) is 25.2 Å². The highest BCUT2D eigenvalue weighted by atomic mass is 28.4. The summed E-state index contributed by atoms with van der Waals surface area (Å²) in [6, 6.07) is 21.4. The zero-order valence-electron chi connectivity index (χ0n) is 30.3. The van der Waals surface area contributed by atoms with Crippen LogP contribution in [0.1, 0.15) is 113 Å². The summed E-state index contributed by atoms with van der Waals surface area (Å²) in [5.74, 6) is 0.115. The van der Waals surface area contributed by atoms with E-state index in [9.17, 15) is 9.90 Å². The molecule has 4 rings (SSSR count). The third kappa shape index (κ3) is 9.47. The van der Waals surface area contributed by atoms with Gasteiger partial charge in [0.2, 0.25) is 0 Å². The lowest BCUT2D eigenvalue weighted by Gasteiger charge is -2.47. The van der Waals surface area contributed by atoms with Crippen LogP contribution < -0.4 is 10.4 Å². The Morgan fingerprint density at radius 1 is 0.894 bits per heavy atom. The van der Waals surface area contributed by atoms with E-state index in [2.05, 4.69) is 109 Å². The number of rotatable bonds is 6. The van der Waals surface area contributed by atoms with Gasteiger partial charge < -0.3 is 19.0 Å². The first-order valence-electron chi connectivity index (χ1n) is 18.3.